The predicted molar refractivity (Wildman–Crippen MR) is 341 cm³/mol. The number of hydrogen-bond acceptors (Lipinski definition) is 8. The molecule has 2 atom stereocenters. The summed E-state index contributed by atoms with van der Waals surface area (Å²) >= 11 is 0. The molecular weight excluding hydrogens is 1010 g/mol. The fourth-order valence-electron chi connectivity index (χ4n) is 8.33. The Balaban J connectivity index is 4.16. The Morgan fingerprint density at radius 1 is 0.388 bits per heavy atom. The first kappa shape index (κ1) is 76.1. The number of phosphoric acid groups is 1. The number of esters is 2. The Kier molecular flexibility index (Phi) is 56.9. The molecule has 0 bridgehead atoms. The van der Waals surface area contributed by atoms with Crippen LogP contribution in [-0.2, 0) is 32.7 Å². The zero-order chi connectivity index (χ0) is 58.4. The molecule has 0 radical (unpaired) electrons. The van der Waals surface area contributed by atoms with Gasteiger partial charge in [0, 0.05) is 12.8 Å². The number of nitrogens with zero attached hydrogens (tertiary/aromatic N) is 1. The van der Waals surface area contributed by atoms with Crippen LogP contribution in [0.15, 0.2) is 134 Å². The number of phosphoric ester groups is 1. The molecule has 0 aromatic rings. The Morgan fingerprint density at radius 2 is 0.675 bits per heavy atom. The molecule has 0 aromatic carbocycles. The summed E-state index contributed by atoms with van der Waals surface area (Å²) in [6, 6.07) is 0. The van der Waals surface area contributed by atoms with Crippen molar-refractivity contribution in [3.8, 4) is 0 Å². The summed E-state index contributed by atoms with van der Waals surface area (Å²) in [6.45, 7) is 4.00. The van der Waals surface area contributed by atoms with Crippen molar-refractivity contribution < 1.29 is 42.1 Å². The van der Waals surface area contributed by atoms with Gasteiger partial charge in [0.1, 0.15) is 19.8 Å². The summed E-state index contributed by atoms with van der Waals surface area (Å²) in [5.74, 6) is -0.849. The molecule has 0 spiro atoms. The van der Waals surface area contributed by atoms with Crippen LogP contribution in [-0.4, -0.2) is 70.0 Å². The highest BCUT2D eigenvalue weighted by atomic mass is 31.2. The fourth-order valence-corrected chi connectivity index (χ4v) is 9.06. The molecule has 10 heteroatoms. The lowest BCUT2D eigenvalue weighted by Gasteiger charge is -2.28. The van der Waals surface area contributed by atoms with E-state index in [2.05, 4.69) is 148 Å². The predicted octanol–water partition coefficient (Wildman–Crippen LogP) is 19.9. The van der Waals surface area contributed by atoms with E-state index in [1.807, 2.05) is 21.1 Å². The van der Waals surface area contributed by atoms with Gasteiger partial charge in [-0.25, -0.2) is 0 Å². The summed E-state index contributed by atoms with van der Waals surface area (Å²) in [7, 11) is 1.14. The van der Waals surface area contributed by atoms with E-state index in [0.29, 0.717) is 17.4 Å². The van der Waals surface area contributed by atoms with Crippen LogP contribution >= 0.6 is 7.82 Å². The molecule has 0 N–H and O–H groups in total. The Labute approximate surface area is 491 Å². The average molecular weight is 1130 g/mol. The summed E-state index contributed by atoms with van der Waals surface area (Å²) in [5.41, 5.74) is 0. The van der Waals surface area contributed by atoms with Crippen molar-refractivity contribution in [2.24, 2.45) is 0 Å². The van der Waals surface area contributed by atoms with Gasteiger partial charge in [0.15, 0.2) is 6.10 Å². The normalized spacial score (nSPS) is 14.1. The van der Waals surface area contributed by atoms with Crippen LogP contribution in [0, 0.1) is 0 Å². The lowest BCUT2D eigenvalue weighted by Crippen LogP contribution is -2.37. The van der Waals surface area contributed by atoms with Crippen LogP contribution in [0.3, 0.4) is 0 Å². The van der Waals surface area contributed by atoms with Crippen LogP contribution < -0.4 is 4.89 Å². The van der Waals surface area contributed by atoms with E-state index in [0.717, 1.165) is 116 Å². The fraction of sp³-hybridized carbons (Fsp3) is 0.657. The van der Waals surface area contributed by atoms with E-state index in [9.17, 15) is 19.0 Å². The minimum atomic E-state index is -4.65. The number of carbonyl (C=O) groups excluding carboxylic acids is 2. The van der Waals surface area contributed by atoms with Crippen LogP contribution in [0.5, 0.6) is 0 Å². The van der Waals surface area contributed by atoms with Gasteiger partial charge in [-0.15, -0.1) is 0 Å². The lowest BCUT2D eigenvalue weighted by atomic mass is 10.0. The number of likely N-dealkylation sites (N-methyl/N-ethyl adjacent to an activating group) is 1. The van der Waals surface area contributed by atoms with Crippen molar-refractivity contribution in [1.29, 1.82) is 0 Å². The Morgan fingerprint density at radius 3 is 1.00 bits per heavy atom. The Bertz CT molecular complexity index is 1810. The highest BCUT2D eigenvalue weighted by Crippen LogP contribution is 2.38. The van der Waals surface area contributed by atoms with Gasteiger partial charge >= 0.3 is 11.9 Å². The molecule has 0 saturated carbocycles. The van der Waals surface area contributed by atoms with Crippen molar-refractivity contribution in [3.05, 3.63) is 134 Å². The first-order valence-electron chi connectivity index (χ1n) is 31.9. The van der Waals surface area contributed by atoms with Crippen molar-refractivity contribution in [2.45, 2.75) is 251 Å². The molecular formula is C70H118NO8P. The molecule has 80 heavy (non-hydrogen) atoms. The smallest absolute Gasteiger partial charge is 0.306 e. The quantitative estimate of drug-likeness (QED) is 0.0195. The van der Waals surface area contributed by atoms with E-state index in [-0.39, 0.29) is 26.1 Å². The van der Waals surface area contributed by atoms with Crippen molar-refractivity contribution >= 4 is 19.8 Å². The third kappa shape index (κ3) is 63.3. The highest BCUT2D eigenvalue weighted by molar-refractivity contribution is 7.45. The third-order valence-corrected chi connectivity index (χ3v) is 14.1. The molecule has 2 unspecified atom stereocenters. The Hall–Kier alpha value is -3.85. The van der Waals surface area contributed by atoms with Crippen molar-refractivity contribution in [2.75, 3.05) is 47.5 Å². The van der Waals surface area contributed by atoms with Crippen molar-refractivity contribution in [1.82, 2.24) is 0 Å². The number of quaternary nitrogens is 1. The molecule has 0 amide bonds. The number of carbonyl (C=O) groups is 2. The lowest BCUT2D eigenvalue weighted by molar-refractivity contribution is -0.870. The van der Waals surface area contributed by atoms with E-state index < -0.39 is 32.5 Å². The molecule has 0 heterocycles. The molecule has 0 aromatic heterocycles. The van der Waals surface area contributed by atoms with E-state index in [4.69, 9.17) is 18.5 Å². The summed E-state index contributed by atoms with van der Waals surface area (Å²) in [4.78, 5) is 38.0. The van der Waals surface area contributed by atoms with E-state index in [1.54, 1.807) is 0 Å². The molecule has 0 saturated heterocycles. The van der Waals surface area contributed by atoms with E-state index >= 15 is 0 Å². The van der Waals surface area contributed by atoms with Gasteiger partial charge in [-0.1, -0.05) is 257 Å². The minimum Gasteiger partial charge on any atom is -0.756 e. The van der Waals surface area contributed by atoms with Crippen molar-refractivity contribution in [3.63, 3.8) is 0 Å². The zero-order valence-electron chi connectivity index (χ0n) is 51.7. The van der Waals surface area contributed by atoms with Gasteiger partial charge in [0.25, 0.3) is 7.82 Å². The number of rotatable bonds is 57. The van der Waals surface area contributed by atoms with Gasteiger partial charge in [0.2, 0.25) is 0 Å². The SMILES string of the molecule is CC/C=C\C/C=C\C/C=C\C/C=C\C/C=C\C/C=C\CCCCCCCCCCC(=O)OC(COC(=O)CCCCCCCCCCCCCCC/C=C\C/C=C\C/C=C\C/C=C\C/C=C\CC)COP(=O)([O-])OCC[N+](C)(C)C. The number of hydrogen-bond donors (Lipinski definition) is 0. The van der Waals surface area contributed by atoms with Gasteiger partial charge in [-0.05, 0) is 109 Å². The summed E-state index contributed by atoms with van der Waals surface area (Å²) < 4.78 is 34.2. The number of ether oxygens (including phenoxy) is 2. The molecule has 0 aliphatic rings. The highest BCUT2D eigenvalue weighted by Gasteiger charge is 2.22. The number of unbranched alkanes of at least 4 members (excludes halogenated alkanes) is 21. The monoisotopic (exact) mass is 1130 g/mol. The maximum atomic E-state index is 12.8. The van der Waals surface area contributed by atoms with E-state index in [1.165, 1.54) is 96.3 Å². The summed E-state index contributed by atoms with van der Waals surface area (Å²) in [6.07, 6.45) is 86.4. The maximum Gasteiger partial charge on any atom is 0.306 e. The molecule has 0 aliphatic heterocycles. The first-order valence-corrected chi connectivity index (χ1v) is 33.4. The standard InChI is InChI=1S/C70H118NO8P/c1-6-8-10-12-14-16-18-20-22-24-26-28-30-32-34-35-37-38-40-42-44-46-48-50-52-54-56-58-60-62-69(72)76-66-68(67-78-80(74,75)77-65-64-71(3,4)5)79-70(73)63-61-59-57-55-53-51-49-47-45-43-41-39-36-33-31-29-27-25-23-21-19-17-15-13-11-9-7-2/h8-11,14-17,20-23,26-29,32-34,36,41,43,68H,6-7,12-13,18-19,24-25,30-31,35,37-40,42,44-67H2,1-5H3/b10-8-,11-9-,16-14-,17-15-,22-20-,23-21-,28-26-,29-27-,34-32-,36-33-,43-41-. The van der Waals surface area contributed by atoms with Gasteiger partial charge in [0.05, 0.1) is 27.7 Å². The topological polar surface area (TPSA) is 111 Å². The van der Waals surface area contributed by atoms with Gasteiger partial charge < -0.3 is 27.9 Å². The van der Waals surface area contributed by atoms with Gasteiger partial charge in [-0.2, -0.15) is 0 Å². The second-order valence-corrected chi connectivity index (χ2v) is 23.4. The zero-order valence-corrected chi connectivity index (χ0v) is 52.6. The van der Waals surface area contributed by atoms with Crippen LogP contribution in [0.4, 0.5) is 0 Å². The van der Waals surface area contributed by atoms with Crippen LogP contribution in [0.25, 0.3) is 0 Å². The second-order valence-electron chi connectivity index (χ2n) is 22.0. The minimum absolute atomic E-state index is 0.0393. The molecule has 456 valence electrons. The third-order valence-electron chi connectivity index (χ3n) is 13.2. The number of allylic oxidation sites excluding steroid dienone is 22. The van der Waals surface area contributed by atoms with Gasteiger partial charge in [-0.3, -0.25) is 14.2 Å². The molecule has 0 fully saturated rings. The molecule has 0 rings (SSSR count). The first-order chi connectivity index (χ1) is 39.0. The second kappa shape index (κ2) is 59.8. The molecule has 0 aliphatic carbocycles. The van der Waals surface area contributed by atoms with Crippen LogP contribution in [0.1, 0.15) is 245 Å². The summed E-state index contributed by atoms with van der Waals surface area (Å²) in [5, 5.41) is 0. The average Bonchev–Trinajstić information content (AvgIpc) is 3.42. The largest absolute Gasteiger partial charge is 0.756 e. The molecule has 9 nitrogen and oxygen atoms in total. The maximum absolute atomic E-state index is 12.8. The van der Waals surface area contributed by atoms with Crippen LogP contribution in [0.2, 0.25) is 0 Å².